The Kier molecular flexibility index (Phi) is 5.59. The van der Waals surface area contributed by atoms with Crippen molar-refractivity contribution >= 4 is 17.5 Å². The van der Waals surface area contributed by atoms with Gasteiger partial charge in [0.05, 0.1) is 18.8 Å². The molecule has 0 bridgehead atoms. The van der Waals surface area contributed by atoms with Crippen LogP contribution in [0.3, 0.4) is 0 Å². The third kappa shape index (κ3) is 4.23. The highest BCUT2D eigenvalue weighted by molar-refractivity contribution is 5.57. The van der Waals surface area contributed by atoms with Gasteiger partial charge in [-0.1, -0.05) is 0 Å². The van der Waals surface area contributed by atoms with Crippen LogP contribution in [0.15, 0.2) is 24.5 Å². The molecule has 0 amide bonds. The Morgan fingerprint density at radius 1 is 0.900 bits per heavy atom. The van der Waals surface area contributed by atoms with Crippen molar-refractivity contribution in [1.82, 2.24) is 15.0 Å². The zero-order chi connectivity index (χ0) is 21.1. The van der Waals surface area contributed by atoms with Crippen LogP contribution in [0.1, 0.15) is 11.3 Å². The average molecular weight is 419 g/mol. The van der Waals surface area contributed by atoms with Crippen molar-refractivity contribution in [2.45, 2.75) is 6.18 Å². The summed E-state index contributed by atoms with van der Waals surface area (Å²) >= 11 is 0. The maximum Gasteiger partial charge on any atom is 0.433 e. The van der Waals surface area contributed by atoms with Gasteiger partial charge in [0.15, 0.2) is 0 Å². The fraction of sp³-hybridized carbons (Fsp3) is 0.474. The number of nitrogens with zero attached hydrogens (tertiary/aromatic N) is 7. The lowest BCUT2D eigenvalue weighted by Crippen LogP contribution is -2.47. The molecule has 0 atom stereocenters. The second kappa shape index (κ2) is 8.31. The van der Waals surface area contributed by atoms with Gasteiger partial charge in [0.1, 0.15) is 35.5 Å². The quantitative estimate of drug-likeness (QED) is 0.747. The molecule has 2 aromatic rings. The molecule has 0 N–H and O–H groups in total. The minimum atomic E-state index is -4.55. The zero-order valence-electron chi connectivity index (χ0n) is 16.1. The summed E-state index contributed by atoms with van der Waals surface area (Å²) in [6, 6.07) is 5.87. The monoisotopic (exact) mass is 419 g/mol. The predicted octanol–water partition coefficient (Wildman–Crippen LogP) is 1.93. The van der Waals surface area contributed by atoms with E-state index in [1.165, 1.54) is 12.4 Å². The Hall–Kier alpha value is -3.13. The van der Waals surface area contributed by atoms with Gasteiger partial charge in [-0.15, -0.1) is 0 Å². The van der Waals surface area contributed by atoms with Gasteiger partial charge in [-0.05, 0) is 12.1 Å². The molecular formula is C19H20F3N7O. The second-order valence-electron chi connectivity index (χ2n) is 6.99. The number of piperazine rings is 1. The maximum absolute atomic E-state index is 13.0. The van der Waals surface area contributed by atoms with E-state index in [0.29, 0.717) is 39.4 Å². The number of ether oxygens (including phenoxy) is 1. The molecule has 2 aliphatic heterocycles. The molecule has 30 heavy (non-hydrogen) atoms. The van der Waals surface area contributed by atoms with E-state index in [4.69, 9.17) is 4.74 Å². The number of hydrogen-bond acceptors (Lipinski definition) is 8. The number of pyridine rings is 1. The Morgan fingerprint density at radius 3 is 2.10 bits per heavy atom. The largest absolute Gasteiger partial charge is 0.433 e. The molecule has 11 heteroatoms. The normalized spacial score (nSPS) is 17.7. The van der Waals surface area contributed by atoms with Crippen molar-refractivity contribution in [1.29, 1.82) is 5.26 Å². The van der Waals surface area contributed by atoms with Gasteiger partial charge < -0.3 is 19.4 Å². The number of halogens is 3. The Morgan fingerprint density at radius 2 is 1.50 bits per heavy atom. The van der Waals surface area contributed by atoms with Gasteiger partial charge in [-0.25, -0.2) is 15.0 Å². The smallest absolute Gasteiger partial charge is 0.378 e. The van der Waals surface area contributed by atoms with Crippen molar-refractivity contribution in [3.05, 3.63) is 35.8 Å². The molecule has 2 fully saturated rings. The number of anilines is 3. The summed E-state index contributed by atoms with van der Waals surface area (Å²) < 4.78 is 44.5. The highest BCUT2D eigenvalue weighted by Crippen LogP contribution is 2.31. The number of hydrogen-bond donors (Lipinski definition) is 0. The molecule has 0 saturated carbocycles. The zero-order valence-corrected chi connectivity index (χ0v) is 16.1. The molecular weight excluding hydrogens is 399 g/mol. The third-order valence-corrected chi connectivity index (χ3v) is 5.16. The SMILES string of the molecule is N#Cc1ccc(C(F)(F)F)nc1N1CCN(c2cc(N3CCOCC3)ncn2)CC1. The second-order valence-corrected chi connectivity index (χ2v) is 6.99. The van der Waals surface area contributed by atoms with E-state index in [2.05, 4.69) is 24.8 Å². The summed E-state index contributed by atoms with van der Waals surface area (Å²) in [5, 5.41) is 9.29. The van der Waals surface area contributed by atoms with E-state index in [1.54, 1.807) is 4.90 Å². The van der Waals surface area contributed by atoms with Crippen molar-refractivity contribution < 1.29 is 17.9 Å². The van der Waals surface area contributed by atoms with Gasteiger partial charge >= 0.3 is 6.18 Å². The number of aromatic nitrogens is 3. The molecule has 4 heterocycles. The first-order valence-corrected chi connectivity index (χ1v) is 9.58. The molecule has 158 valence electrons. The summed E-state index contributed by atoms with van der Waals surface area (Å²) in [7, 11) is 0. The number of morpholine rings is 1. The van der Waals surface area contributed by atoms with E-state index in [-0.39, 0.29) is 11.4 Å². The molecule has 0 radical (unpaired) electrons. The molecule has 8 nitrogen and oxygen atoms in total. The molecule has 0 aliphatic carbocycles. The summed E-state index contributed by atoms with van der Waals surface area (Å²) in [5.74, 6) is 1.67. The molecule has 0 spiro atoms. The molecule has 4 rings (SSSR count). The summed E-state index contributed by atoms with van der Waals surface area (Å²) in [4.78, 5) is 18.3. The fourth-order valence-corrected chi connectivity index (χ4v) is 3.56. The van der Waals surface area contributed by atoms with Crippen LogP contribution in [0.5, 0.6) is 0 Å². The Balaban J connectivity index is 1.48. The predicted molar refractivity (Wildman–Crippen MR) is 103 cm³/mol. The van der Waals surface area contributed by atoms with Gasteiger partial charge in [0, 0.05) is 45.3 Å². The number of rotatable bonds is 3. The van der Waals surface area contributed by atoms with Gasteiger partial charge in [0.2, 0.25) is 0 Å². The van der Waals surface area contributed by atoms with Crippen molar-refractivity contribution in [2.75, 3.05) is 67.2 Å². The van der Waals surface area contributed by atoms with E-state index < -0.39 is 11.9 Å². The highest BCUT2D eigenvalue weighted by atomic mass is 19.4. The van der Waals surface area contributed by atoms with Crippen LogP contribution in [0.4, 0.5) is 30.6 Å². The maximum atomic E-state index is 13.0. The van der Waals surface area contributed by atoms with Crippen molar-refractivity contribution in [2.24, 2.45) is 0 Å². The van der Waals surface area contributed by atoms with Crippen molar-refractivity contribution in [3.63, 3.8) is 0 Å². The van der Waals surface area contributed by atoms with Gasteiger partial charge in [-0.2, -0.15) is 18.4 Å². The first-order valence-electron chi connectivity index (χ1n) is 9.58. The Bertz CT molecular complexity index is 932. The molecule has 2 aliphatic rings. The lowest BCUT2D eigenvalue weighted by atomic mass is 10.2. The molecule has 2 saturated heterocycles. The standard InChI is InChI=1S/C19H20F3N7O/c20-19(21,22)15-2-1-14(12-23)18(26-15)29-5-3-27(4-6-29)16-11-17(25-13-24-16)28-7-9-30-10-8-28/h1-2,11,13H,3-10H2. The van der Waals surface area contributed by atoms with E-state index in [9.17, 15) is 18.4 Å². The number of alkyl halides is 3. The van der Waals surface area contributed by atoms with Crippen molar-refractivity contribution in [3.8, 4) is 6.07 Å². The fourth-order valence-electron chi connectivity index (χ4n) is 3.56. The minimum Gasteiger partial charge on any atom is -0.378 e. The van der Waals surface area contributed by atoms with Crippen LogP contribution < -0.4 is 14.7 Å². The molecule has 2 aromatic heterocycles. The van der Waals surface area contributed by atoms with Crippen LogP contribution in [-0.2, 0) is 10.9 Å². The highest BCUT2D eigenvalue weighted by Gasteiger charge is 2.34. The average Bonchev–Trinajstić information content (AvgIpc) is 2.79. The topological polar surface area (TPSA) is 81.4 Å². The summed E-state index contributed by atoms with van der Waals surface area (Å²) in [6.45, 7) is 4.79. The first-order chi connectivity index (χ1) is 14.5. The number of nitriles is 1. The lowest BCUT2D eigenvalue weighted by molar-refractivity contribution is -0.141. The van der Waals surface area contributed by atoms with Crippen LogP contribution >= 0.6 is 0 Å². The summed E-state index contributed by atoms with van der Waals surface area (Å²) in [5.41, 5.74) is -0.863. The lowest BCUT2D eigenvalue weighted by Gasteiger charge is -2.37. The minimum absolute atomic E-state index is 0.0728. The van der Waals surface area contributed by atoms with Crippen LogP contribution in [0.25, 0.3) is 0 Å². The first kappa shape index (κ1) is 20.2. The van der Waals surface area contributed by atoms with Crippen LogP contribution in [-0.4, -0.2) is 67.4 Å². The van der Waals surface area contributed by atoms with E-state index in [1.807, 2.05) is 12.1 Å². The van der Waals surface area contributed by atoms with Crippen LogP contribution in [0.2, 0.25) is 0 Å². The molecule has 0 aromatic carbocycles. The van der Waals surface area contributed by atoms with E-state index in [0.717, 1.165) is 30.8 Å². The third-order valence-electron chi connectivity index (χ3n) is 5.16. The van der Waals surface area contributed by atoms with E-state index >= 15 is 0 Å². The molecule has 0 unspecified atom stereocenters. The van der Waals surface area contributed by atoms with Gasteiger partial charge in [0.25, 0.3) is 0 Å². The Labute approximate surface area is 171 Å². The summed E-state index contributed by atoms with van der Waals surface area (Å²) in [6.07, 6.45) is -3.03. The van der Waals surface area contributed by atoms with Gasteiger partial charge in [-0.3, -0.25) is 0 Å². The van der Waals surface area contributed by atoms with Crippen LogP contribution in [0, 0.1) is 11.3 Å².